The van der Waals surface area contributed by atoms with E-state index in [9.17, 15) is 26.4 Å². The number of likely N-dealkylation sites (tertiary alicyclic amines) is 1. The van der Waals surface area contributed by atoms with Crippen LogP contribution >= 0.6 is 0 Å². The lowest BCUT2D eigenvalue weighted by molar-refractivity contribution is -0.274. The predicted octanol–water partition coefficient (Wildman–Crippen LogP) is 3.76. The molecule has 1 fully saturated rings. The van der Waals surface area contributed by atoms with Crippen molar-refractivity contribution in [1.82, 2.24) is 4.90 Å². The van der Waals surface area contributed by atoms with Crippen LogP contribution in [-0.4, -0.2) is 49.7 Å². The van der Waals surface area contributed by atoms with Crippen LogP contribution in [0.15, 0.2) is 29.2 Å². The minimum Gasteiger partial charge on any atom is -0.444 e. The van der Waals surface area contributed by atoms with E-state index >= 15 is 0 Å². The van der Waals surface area contributed by atoms with Crippen LogP contribution in [0.25, 0.3) is 0 Å². The van der Waals surface area contributed by atoms with Gasteiger partial charge >= 0.3 is 12.5 Å². The maximum atomic E-state index is 12.7. The summed E-state index contributed by atoms with van der Waals surface area (Å²) in [4.78, 5) is 13.4. The highest BCUT2D eigenvalue weighted by Gasteiger charge is 2.35. The van der Waals surface area contributed by atoms with E-state index < -0.39 is 38.9 Å². The van der Waals surface area contributed by atoms with Crippen LogP contribution in [0.2, 0.25) is 0 Å². The van der Waals surface area contributed by atoms with E-state index in [1.807, 2.05) is 0 Å². The molecule has 1 heterocycles. The SMILES string of the molecule is CC(C)(C)OC(=O)N1CCC(S(=O)(=O)c2ccc(OC(F)(F)F)cc2)CC1. The Morgan fingerprint density at radius 2 is 1.59 bits per heavy atom. The third kappa shape index (κ3) is 6.02. The predicted molar refractivity (Wildman–Crippen MR) is 91.1 cm³/mol. The number of benzene rings is 1. The Labute approximate surface area is 156 Å². The summed E-state index contributed by atoms with van der Waals surface area (Å²) in [6.07, 6.45) is -4.88. The second-order valence-corrected chi connectivity index (χ2v) is 9.46. The lowest BCUT2D eigenvalue weighted by Crippen LogP contribution is -2.44. The van der Waals surface area contributed by atoms with E-state index in [1.165, 1.54) is 4.90 Å². The van der Waals surface area contributed by atoms with Crippen LogP contribution in [0, 0.1) is 0 Å². The van der Waals surface area contributed by atoms with Gasteiger partial charge in [-0.1, -0.05) is 0 Å². The second-order valence-electron chi connectivity index (χ2n) is 7.23. The maximum absolute atomic E-state index is 12.7. The number of rotatable bonds is 3. The molecule has 0 N–H and O–H groups in total. The largest absolute Gasteiger partial charge is 0.573 e. The summed E-state index contributed by atoms with van der Waals surface area (Å²) in [6, 6.07) is 4.12. The van der Waals surface area contributed by atoms with Gasteiger partial charge in [-0.15, -0.1) is 13.2 Å². The molecular weight excluding hydrogens is 387 g/mol. The molecule has 0 atom stereocenters. The van der Waals surface area contributed by atoms with Gasteiger partial charge in [0.15, 0.2) is 9.84 Å². The van der Waals surface area contributed by atoms with Gasteiger partial charge in [0, 0.05) is 13.1 Å². The van der Waals surface area contributed by atoms with Gasteiger partial charge in [0.05, 0.1) is 10.1 Å². The summed E-state index contributed by atoms with van der Waals surface area (Å²) < 4.78 is 71.0. The van der Waals surface area contributed by atoms with Crippen molar-refractivity contribution in [1.29, 1.82) is 0 Å². The fourth-order valence-corrected chi connectivity index (χ4v) is 4.43. The molecule has 0 aliphatic carbocycles. The number of amides is 1. The number of piperidine rings is 1. The van der Waals surface area contributed by atoms with Crippen molar-refractivity contribution in [2.75, 3.05) is 13.1 Å². The zero-order chi connectivity index (χ0) is 20.5. The summed E-state index contributed by atoms with van der Waals surface area (Å²) in [5.74, 6) is -0.485. The third-order valence-corrected chi connectivity index (χ3v) is 6.20. The zero-order valence-corrected chi connectivity index (χ0v) is 16.1. The first-order valence-corrected chi connectivity index (χ1v) is 9.90. The molecule has 1 aliphatic heterocycles. The zero-order valence-electron chi connectivity index (χ0n) is 15.2. The maximum Gasteiger partial charge on any atom is 0.573 e. The molecule has 1 saturated heterocycles. The van der Waals surface area contributed by atoms with Gasteiger partial charge in [0.1, 0.15) is 11.4 Å². The number of nitrogens with zero attached hydrogens (tertiary/aromatic N) is 1. The molecule has 0 aromatic heterocycles. The standard InChI is InChI=1S/C17H22F3NO5S/c1-16(2,3)26-15(22)21-10-8-14(9-11-21)27(23,24)13-6-4-12(5-7-13)25-17(18,19)20/h4-7,14H,8-11H2,1-3H3. The van der Waals surface area contributed by atoms with Crippen molar-refractivity contribution in [2.45, 2.75) is 55.7 Å². The molecule has 6 nitrogen and oxygen atoms in total. The Bertz CT molecular complexity index is 761. The molecule has 1 amide bonds. The number of carbonyl (C=O) groups excluding carboxylic acids is 1. The summed E-state index contributed by atoms with van der Waals surface area (Å²) in [6.45, 7) is 5.69. The van der Waals surface area contributed by atoms with Crippen LogP contribution in [0.1, 0.15) is 33.6 Å². The molecule has 0 radical (unpaired) electrons. The van der Waals surface area contributed by atoms with E-state index in [0.717, 1.165) is 24.3 Å². The minimum absolute atomic E-state index is 0.0762. The first-order valence-electron chi connectivity index (χ1n) is 8.35. The topological polar surface area (TPSA) is 72.9 Å². The summed E-state index contributed by atoms with van der Waals surface area (Å²) in [7, 11) is -3.72. The Morgan fingerprint density at radius 3 is 2.04 bits per heavy atom. The van der Waals surface area contributed by atoms with Crippen LogP contribution in [0.5, 0.6) is 5.75 Å². The smallest absolute Gasteiger partial charge is 0.444 e. The fourth-order valence-electron chi connectivity index (χ4n) is 2.70. The number of alkyl halides is 3. The molecule has 0 spiro atoms. The molecule has 10 heteroatoms. The van der Waals surface area contributed by atoms with E-state index in [2.05, 4.69) is 4.74 Å². The number of carbonyl (C=O) groups is 1. The number of sulfone groups is 1. The van der Waals surface area contributed by atoms with E-state index in [1.54, 1.807) is 20.8 Å². The quantitative estimate of drug-likeness (QED) is 0.760. The van der Waals surface area contributed by atoms with Gasteiger partial charge in [-0.25, -0.2) is 13.2 Å². The fraction of sp³-hybridized carbons (Fsp3) is 0.588. The normalized spacial score (nSPS) is 16.9. The Hall–Kier alpha value is -1.97. The molecule has 1 aromatic rings. The molecule has 0 bridgehead atoms. The lowest BCUT2D eigenvalue weighted by Gasteiger charge is -2.33. The van der Waals surface area contributed by atoms with Crippen molar-refractivity contribution in [3.8, 4) is 5.75 Å². The van der Waals surface area contributed by atoms with Gasteiger partial charge in [-0.3, -0.25) is 0 Å². The summed E-state index contributed by atoms with van der Waals surface area (Å²) in [5.41, 5.74) is -0.639. The minimum atomic E-state index is -4.84. The van der Waals surface area contributed by atoms with Gasteiger partial charge in [-0.05, 0) is 57.9 Å². The van der Waals surface area contributed by atoms with Crippen LogP contribution < -0.4 is 4.74 Å². The van der Waals surface area contributed by atoms with Gasteiger partial charge in [0.25, 0.3) is 0 Å². The summed E-state index contributed by atoms with van der Waals surface area (Å²) >= 11 is 0. The molecule has 1 aromatic carbocycles. The van der Waals surface area contributed by atoms with Crippen molar-refractivity contribution >= 4 is 15.9 Å². The molecule has 27 heavy (non-hydrogen) atoms. The second kappa shape index (κ2) is 7.57. The highest BCUT2D eigenvalue weighted by atomic mass is 32.2. The van der Waals surface area contributed by atoms with Crippen molar-refractivity contribution in [3.63, 3.8) is 0 Å². The van der Waals surface area contributed by atoms with Gasteiger partial charge in [0.2, 0.25) is 0 Å². The molecule has 0 saturated carbocycles. The Balaban J connectivity index is 2.01. The average Bonchev–Trinajstić information content (AvgIpc) is 2.52. The average molecular weight is 409 g/mol. The monoisotopic (exact) mass is 409 g/mol. The van der Waals surface area contributed by atoms with E-state index in [4.69, 9.17) is 4.74 Å². The number of halogens is 3. The number of ether oxygens (including phenoxy) is 2. The van der Waals surface area contributed by atoms with Gasteiger partial charge < -0.3 is 14.4 Å². The van der Waals surface area contributed by atoms with E-state index in [0.29, 0.717) is 0 Å². The molecular formula is C17H22F3NO5S. The first-order chi connectivity index (χ1) is 12.3. The van der Waals surface area contributed by atoms with Crippen LogP contribution in [0.3, 0.4) is 0 Å². The lowest BCUT2D eigenvalue weighted by atomic mass is 10.1. The molecule has 2 rings (SSSR count). The van der Waals surface area contributed by atoms with Crippen LogP contribution in [-0.2, 0) is 14.6 Å². The summed E-state index contributed by atoms with van der Waals surface area (Å²) in [5, 5.41) is -0.717. The highest BCUT2D eigenvalue weighted by Crippen LogP contribution is 2.28. The van der Waals surface area contributed by atoms with Gasteiger partial charge in [-0.2, -0.15) is 0 Å². The molecule has 1 aliphatic rings. The van der Waals surface area contributed by atoms with Crippen molar-refractivity contribution < 1.29 is 35.9 Å². The van der Waals surface area contributed by atoms with Crippen molar-refractivity contribution in [2.24, 2.45) is 0 Å². The Kier molecular flexibility index (Phi) is 5.98. The number of hydrogen-bond donors (Lipinski definition) is 0. The molecule has 152 valence electrons. The first kappa shape index (κ1) is 21.3. The third-order valence-electron chi connectivity index (χ3n) is 3.92. The van der Waals surface area contributed by atoms with Crippen LogP contribution in [0.4, 0.5) is 18.0 Å². The number of hydrogen-bond acceptors (Lipinski definition) is 5. The highest BCUT2D eigenvalue weighted by molar-refractivity contribution is 7.92. The Morgan fingerprint density at radius 1 is 1.07 bits per heavy atom. The molecule has 0 unspecified atom stereocenters. The van der Waals surface area contributed by atoms with Crippen molar-refractivity contribution in [3.05, 3.63) is 24.3 Å². The van der Waals surface area contributed by atoms with E-state index in [-0.39, 0.29) is 30.8 Å².